The molecule has 2 aromatic rings. The third-order valence-corrected chi connectivity index (χ3v) is 5.07. The van der Waals surface area contributed by atoms with Crippen molar-refractivity contribution in [3.05, 3.63) is 59.7 Å². The van der Waals surface area contributed by atoms with E-state index in [4.69, 9.17) is 5.11 Å². The van der Waals surface area contributed by atoms with Gasteiger partial charge in [0.15, 0.2) is 6.29 Å². The Morgan fingerprint density at radius 1 is 0.880 bits per heavy atom. The summed E-state index contributed by atoms with van der Waals surface area (Å²) >= 11 is 3.29. The van der Waals surface area contributed by atoms with Gasteiger partial charge in [-0.2, -0.15) is 0 Å². The van der Waals surface area contributed by atoms with E-state index >= 15 is 0 Å². The van der Waals surface area contributed by atoms with Crippen LogP contribution in [-0.4, -0.2) is 27.9 Å². The summed E-state index contributed by atoms with van der Waals surface area (Å²) < 4.78 is 0. The molecule has 3 nitrogen and oxygen atoms in total. The molecule has 0 aliphatic rings. The first-order valence-corrected chi connectivity index (χ1v) is 9.81. The van der Waals surface area contributed by atoms with Crippen molar-refractivity contribution in [2.45, 2.75) is 48.0 Å². The van der Waals surface area contributed by atoms with Crippen LogP contribution in [0.3, 0.4) is 0 Å². The van der Waals surface area contributed by atoms with E-state index in [9.17, 15) is 9.59 Å². The molecular formula is C20H24O3S2. The zero-order valence-electron chi connectivity index (χ0n) is 14.9. The number of benzene rings is 2. The number of carboxylic acids is 1. The summed E-state index contributed by atoms with van der Waals surface area (Å²) in [7, 11) is 0. The standard InChI is InChI=1S/C10H12O2S.C10H12OS/c1-7(2)13-9-6-4-3-5-8(9)10(11)12;1-8(2)12-10-6-4-3-5-9(10)7-11/h3-7H,1-2H3,(H,11,12);3-8H,1-2H3. The zero-order valence-corrected chi connectivity index (χ0v) is 16.6. The number of rotatable bonds is 6. The van der Waals surface area contributed by atoms with Crippen LogP contribution in [0.4, 0.5) is 0 Å². The molecule has 5 heteroatoms. The molecule has 0 bridgehead atoms. The minimum absolute atomic E-state index is 0.390. The number of carbonyl (C=O) groups excluding carboxylic acids is 1. The van der Waals surface area contributed by atoms with Crippen molar-refractivity contribution in [1.29, 1.82) is 0 Å². The lowest BCUT2D eigenvalue weighted by Gasteiger charge is -2.07. The van der Waals surface area contributed by atoms with Crippen molar-refractivity contribution >= 4 is 35.8 Å². The Morgan fingerprint density at radius 2 is 1.36 bits per heavy atom. The first-order chi connectivity index (χ1) is 11.8. The molecule has 2 rings (SSSR count). The van der Waals surface area contributed by atoms with E-state index in [2.05, 4.69) is 13.8 Å². The molecule has 0 atom stereocenters. The summed E-state index contributed by atoms with van der Waals surface area (Å²) in [4.78, 5) is 23.3. The molecule has 1 N–H and O–H groups in total. The molecule has 2 aromatic carbocycles. The molecule has 134 valence electrons. The van der Waals surface area contributed by atoms with E-state index in [0.717, 1.165) is 21.6 Å². The average molecular weight is 377 g/mol. The Hall–Kier alpha value is -1.72. The van der Waals surface area contributed by atoms with Gasteiger partial charge in [0.05, 0.1) is 5.56 Å². The first kappa shape index (κ1) is 21.3. The van der Waals surface area contributed by atoms with Gasteiger partial charge in [-0.3, -0.25) is 4.79 Å². The van der Waals surface area contributed by atoms with Gasteiger partial charge in [-0.25, -0.2) is 4.79 Å². The molecule has 0 heterocycles. The van der Waals surface area contributed by atoms with Crippen molar-refractivity contribution in [3.63, 3.8) is 0 Å². The van der Waals surface area contributed by atoms with E-state index in [1.54, 1.807) is 35.7 Å². The molecule has 0 spiro atoms. The number of thioether (sulfide) groups is 2. The highest BCUT2D eigenvalue weighted by atomic mass is 32.2. The van der Waals surface area contributed by atoms with Gasteiger partial charge in [0, 0.05) is 25.9 Å². The fraction of sp³-hybridized carbons (Fsp3) is 0.300. The molecule has 25 heavy (non-hydrogen) atoms. The Labute approximate surface area is 158 Å². The SMILES string of the molecule is CC(C)Sc1ccccc1C(=O)O.CC(C)Sc1ccccc1C=O. The van der Waals surface area contributed by atoms with Crippen LogP contribution >= 0.6 is 23.5 Å². The van der Waals surface area contributed by atoms with Crippen LogP contribution in [-0.2, 0) is 0 Å². The summed E-state index contributed by atoms with van der Waals surface area (Å²) in [6.07, 6.45) is 0.907. The van der Waals surface area contributed by atoms with Gasteiger partial charge in [-0.15, -0.1) is 23.5 Å². The van der Waals surface area contributed by atoms with Crippen molar-refractivity contribution in [2.75, 3.05) is 0 Å². The summed E-state index contributed by atoms with van der Waals surface area (Å²) in [6.45, 7) is 8.32. The van der Waals surface area contributed by atoms with Crippen LogP contribution in [0, 0.1) is 0 Å². The van der Waals surface area contributed by atoms with E-state index in [1.165, 1.54) is 0 Å². The van der Waals surface area contributed by atoms with Crippen LogP contribution in [0.5, 0.6) is 0 Å². The highest BCUT2D eigenvalue weighted by molar-refractivity contribution is 8.00. The Kier molecular flexibility index (Phi) is 9.39. The Bertz CT molecular complexity index is 697. The molecule has 0 saturated heterocycles. The van der Waals surface area contributed by atoms with Crippen molar-refractivity contribution in [3.8, 4) is 0 Å². The molecular weight excluding hydrogens is 352 g/mol. The summed E-state index contributed by atoms with van der Waals surface area (Å²) in [6, 6.07) is 14.7. The average Bonchev–Trinajstić information content (AvgIpc) is 2.55. The maximum atomic E-state index is 10.8. The number of hydrogen-bond acceptors (Lipinski definition) is 4. The van der Waals surface area contributed by atoms with Gasteiger partial charge in [0.1, 0.15) is 0 Å². The quantitative estimate of drug-likeness (QED) is 0.503. The molecule has 0 aliphatic carbocycles. The van der Waals surface area contributed by atoms with Gasteiger partial charge < -0.3 is 5.11 Å². The van der Waals surface area contributed by atoms with Crippen LogP contribution in [0.25, 0.3) is 0 Å². The number of carbonyl (C=O) groups is 2. The summed E-state index contributed by atoms with van der Waals surface area (Å²) in [5.41, 5.74) is 1.18. The monoisotopic (exact) mass is 376 g/mol. The maximum Gasteiger partial charge on any atom is 0.336 e. The number of carboxylic acid groups (broad SMARTS) is 1. The van der Waals surface area contributed by atoms with E-state index in [-0.39, 0.29) is 0 Å². The van der Waals surface area contributed by atoms with E-state index < -0.39 is 5.97 Å². The number of aldehydes is 1. The van der Waals surface area contributed by atoms with Gasteiger partial charge in [-0.05, 0) is 18.2 Å². The fourth-order valence-electron chi connectivity index (χ4n) is 1.94. The first-order valence-electron chi connectivity index (χ1n) is 8.05. The zero-order chi connectivity index (χ0) is 18.8. The number of aromatic carboxylic acids is 1. The second kappa shape index (κ2) is 11.0. The second-order valence-corrected chi connectivity index (χ2v) is 9.03. The molecule has 0 amide bonds. The van der Waals surface area contributed by atoms with Gasteiger partial charge in [0.2, 0.25) is 0 Å². The number of hydrogen-bond donors (Lipinski definition) is 1. The van der Waals surface area contributed by atoms with Crippen LogP contribution < -0.4 is 0 Å². The molecule has 0 unspecified atom stereocenters. The topological polar surface area (TPSA) is 54.4 Å². The molecule has 0 aromatic heterocycles. The van der Waals surface area contributed by atoms with Crippen molar-refractivity contribution in [1.82, 2.24) is 0 Å². The molecule has 0 saturated carbocycles. The van der Waals surface area contributed by atoms with E-state index in [0.29, 0.717) is 16.1 Å². The molecule has 0 aliphatic heterocycles. The third kappa shape index (κ3) is 7.80. The highest BCUT2D eigenvalue weighted by Crippen LogP contribution is 2.26. The predicted molar refractivity (Wildman–Crippen MR) is 107 cm³/mol. The van der Waals surface area contributed by atoms with Crippen LogP contribution in [0.1, 0.15) is 48.4 Å². The minimum atomic E-state index is -0.858. The summed E-state index contributed by atoms with van der Waals surface area (Å²) in [5.74, 6) is -0.858. The fourth-order valence-corrected chi connectivity index (χ4v) is 3.80. The van der Waals surface area contributed by atoms with Gasteiger partial charge in [-0.1, -0.05) is 58.0 Å². The molecule has 0 fully saturated rings. The van der Waals surface area contributed by atoms with Gasteiger partial charge in [0.25, 0.3) is 0 Å². The van der Waals surface area contributed by atoms with Crippen molar-refractivity contribution in [2.24, 2.45) is 0 Å². The second-order valence-electron chi connectivity index (χ2n) is 5.79. The lowest BCUT2D eigenvalue weighted by molar-refractivity contribution is 0.0693. The van der Waals surface area contributed by atoms with Crippen molar-refractivity contribution < 1.29 is 14.7 Å². The van der Waals surface area contributed by atoms with Gasteiger partial charge >= 0.3 is 5.97 Å². The normalized spacial score (nSPS) is 10.3. The Morgan fingerprint density at radius 3 is 1.88 bits per heavy atom. The molecule has 0 radical (unpaired) electrons. The van der Waals surface area contributed by atoms with Crippen LogP contribution in [0.15, 0.2) is 58.3 Å². The smallest absolute Gasteiger partial charge is 0.336 e. The Balaban J connectivity index is 0.000000251. The minimum Gasteiger partial charge on any atom is -0.478 e. The highest BCUT2D eigenvalue weighted by Gasteiger charge is 2.10. The van der Waals surface area contributed by atoms with Crippen LogP contribution in [0.2, 0.25) is 0 Å². The largest absolute Gasteiger partial charge is 0.478 e. The third-order valence-electron chi connectivity index (χ3n) is 2.89. The lowest BCUT2D eigenvalue weighted by atomic mass is 10.2. The summed E-state index contributed by atoms with van der Waals surface area (Å²) in [5, 5.41) is 9.79. The maximum absolute atomic E-state index is 10.8. The lowest BCUT2D eigenvalue weighted by Crippen LogP contribution is -1.99. The van der Waals surface area contributed by atoms with E-state index in [1.807, 2.05) is 50.2 Å². The predicted octanol–water partition coefficient (Wildman–Crippen LogP) is 5.88.